The zero-order valence-electron chi connectivity index (χ0n) is 13.7. The molecule has 3 aromatic rings. The van der Waals surface area contributed by atoms with Crippen LogP contribution in [0.5, 0.6) is 0 Å². The number of carbonyl (C=O) groups is 1. The first kappa shape index (κ1) is 15.3. The van der Waals surface area contributed by atoms with Crippen molar-refractivity contribution < 1.29 is 4.79 Å². The van der Waals surface area contributed by atoms with Crippen molar-refractivity contribution in [3.05, 3.63) is 54.1 Å². The SMILES string of the molecule is CC(C)CC(NC(=O)c1cccn1C)c1nc2ccccc2[nH]1. The molecule has 1 aromatic carbocycles. The van der Waals surface area contributed by atoms with Gasteiger partial charge in [0.25, 0.3) is 5.91 Å². The number of carbonyl (C=O) groups excluding carboxylic acids is 1. The molecule has 0 aliphatic carbocycles. The average Bonchev–Trinajstić information content (AvgIpc) is 3.11. The highest BCUT2D eigenvalue weighted by Gasteiger charge is 2.21. The Morgan fingerprint density at radius 1 is 1.26 bits per heavy atom. The Labute approximate surface area is 135 Å². The molecule has 5 nitrogen and oxygen atoms in total. The third-order valence-electron chi connectivity index (χ3n) is 3.93. The molecule has 120 valence electrons. The first-order chi connectivity index (χ1) is 11.0. The molecule has 0 radical (unpaired) electrons. The van der Waals surface area contributed by atoms with Crippen LogP contribution in [0.3, 0.4) is 0 Å². The van der Waals surface area contributed by atoms with Crippen LogP contribution >= 0.6 is 0 Å². The minimum absolute atomic E-state index is 0.0800. The van der Waals surface area contributed by atoms with Crippen molar-refractivity contribution in [2.75, 3.05) is 0 Å². The Hall–Kier alpha value is -2.56. The standard InChI is InChI=1S/C18H22N4O/c1-12(2)11-15(21-18(23)16-9-6-10-22(16)3)17-19-13-7-4-5-8-14(13)20-17/h4-10,12,15H,11H2,1-3H3,(H,19,20)(H,21,23). The van der Waals surface area contributed by atoms with Crippen LogP contribution < -0.4 is 5.32 Å². The van der Waals surface area contributed by atoms with Gasteiger partial charge in [0.15, 0.2) is 0 Å². The molecule has 0 saturated carbocycles. The molecule has 1 amide bonds. The average molecular weight is 310 g/mol. The van der Waals surface area contributed by atoms with Gasteiger partial charge in [-0.1, -0.05) is 26.0 Å². The molecular weight excluding hydrogens is 288 g/mol. The van der Waals surface area contributed by atoms with E-state index in [0.29, 0.717) is 11.6 Å². The zero-order valence-corrected chi connectivity index (χ0v) is 13.7. The number of nitrogens with zero attached hydrogens (tertiary/aromatic N) is 2. The molecule has 2 aromatic heterocycles. The van der Waals surface area contributed by atoms with Gasteiger partial charge in [-0.25, -0.2) is 4.98 Å². The largest absolute Gasteiger partial charge is 0.347 e. The van der Waals surface area contributed by atoms with Crippen LogP contribution in [-0.2, 0) is 7.05 Å². The normalized spacial score (nSPS) is 12.7. The van der Waals surface area contributed by atoms with E-state index in [1.807, 2.05) is 54.2 Å². The van der Waals surface area contributed by atoms with Crippen molar-refractivity contribution in [2.45, 2.75) is 26.3 Å². The van der Waals surface area contributed by atoms with Crippen LogP contribution in [0.15, 0.2) is 42.6 Å². The van der Waals surface area contributed by atoms with E-state index < -0.39 is 0 Å². The number of amides is 1. The molecule has 3 rings (SSSR count). The Morgan fingerprint density at radius 3 is 2.70 bits per heavy atom. The summed E-state index contributed by atoms with van der Waals surface area (Å²) >= 11 is 0. The molecule has 0 aliphatic rings. The lowest BCUT2D eigenvalue weighted by atomic mass is 10.0. The van der Waals surface area contributed by atoms with Gasteiger partial charge in [-0.3, -0.25) is 4.79 Å². The van der Waals surface area contributed by atoms with E-state index in [-0.39, 0.29) is 11.9 Å². The second kappa shape index (κ2) is 6.28. The van der Waals surface area contributed by atoms with Gasteiger partial charge in [0.2, 0.25) is 0 Å². The molecule has 23 heavy (non-hydrogen) atoms. The summed E-state index contributed by atoms with van der Waals surface area (Å²) in [6.07, 6.45) is 2.70. The summed E-state index contributed by atoms with van der Waals surface area (Å²) in [5.41, 5.74) is 2.56. The number of hydrogen-bond acceptors (Lipinski definition) is 2. The van der Waals surface area contributed by atoms with Gasteiger partial charge in [0, 0.05) is 13.2 Å². The summed E-state index contributed by atoms with van der Waals surface area (Å²) in [5, 5.41) is 3.12. The molecule has 0 fully saturated rings. The lowest BCUT2D eigenvalue weighted by molar-refractivity contribution is 0.0922. The highest BCUT2D eigenvalue weighted by molar-refractivity contribution is 5.93. The van der Waals surface area contributed by atoms with Crippen molar-refractivity contribution in [1.29, 1.82) is 0 Å². The molecule has 1 atom stereocenters. The highest BCUT2D eigenvalue weighted by Crippen LogP contribution is 2.22. The molecule has 2 heterocycles. The number of aromatic nitrogens is 3. The minimum Gasteiger partial charge on any atom is -0.347 e. The van der Waals surface area contributed by atoms with Crippen molar-refractivity contribution in [3.63, 3.8) is 0 Å². The zero-order chi connectivity index (χ0) is 16.4. The number of para-hydroxylation sites is 2. The maximum Gasteiger partial charge on any atom is 0.268 e. The Bertz CT molecular complexity index is 782. The van der Waals surface area contributed by atoms with E-state index >= 15 is 0 Å². The molecule has 0 bridgehead atoms. The van der Waals surface area contributed by atoms with Crippen LogP contribution in [0.2, 0.25) is 0 Å². The Balaban J connectivity index is 1.88. The number of nitrogens with one attached hydrogen (secondary N) is 2. The molecule has 5 heteroatoms. The smallest absolute Gasteiger partial charge is 0.268 e. The van der Waals surface area contributed by atoms with Gasteiger partial charge in [-0.2, -0.15) is 0 Å². The Kier molecular flexibility index (Phi) is 4.19. The summed E-state index contributed by atoms with van der Waals surface area (Å²) in [7, 11) is 1.87. The van der Waals surface area contributed by atoms with Gasteiger partial charge in [-0.15, -0.1) is 0 Å². The predicted octanol–water partition coefficient (Wildman–Crippen LogP) is 3.42. The number of imidazole rings is 1. The number of benzene rings is 1. The number of rotatable bonds is 5. The van der Waals surface area contributed by atoms with Gasteiger partial charge in [-0.05, 0) is 36.6 Å². The van der Waals surface area contributed by atoms with Crippen molar-refractivity contribution in [3.8, 4) is 0 Å². The highest BCUT2D eigenvalue weighted by atomic mass is 16.2. The van der Waals surface area contributed by atoms with Crippen LogP contribution in [0, 0.1) is 5.92 Å². The Morgan fingerprint density at radius 2 is 2.04 bits per heavy atom. The minimum atomic E-state index is -0.134. The monoisotopic (exact) mass is 310 g/mol. The van der Waals surface area contributed by atoms with Gasteiger partial charge < -0.3 is 14.9 Å². The number of aromatic amines is 1. The van der Waals surface area contributed by atoms with Crippen molar-refractivity contribution in [2.24, 2.45) is 13.0 Å². The summed E-state index contributed by atoms with van der Waals surface area (Å²) in [4.78, 5) is 20.5. The maximum absolute atomic E-state index is 12.5. The van der Waals surface area contributed by atoms with E-state index in [0.717, 1.165) is 23.3 Å². The fourth-order valence-corrected chi connectivity index (χ4v) is 2.78. The van der Waals surface area contributed by atoms with Crippen LogP contribution in [0.4, 0.5) is 0 Å². The first-order valence-electron chi connectivity index (χ1n) is 7.91. The lowest BCUT2D eigenvalue weighted by Gasteiger charge is -2.19. The molecule has 0 spiro atoms. The quantitative estimate of drug-likeness (QED) is 0.758. The lowest BCUT2D eigenvalue weighted by Crippen LogP contribution is -2.31. The number of H-pyrrole nitrogens is 1. The fraction of sp³-hybridized carbons (Fsp3) is 0.333. The summed E-state index contributed by atoms with van der Waals surface area (Å²) in [6.45, 7) is 4.29. The molecule has 0 saturated heterocycles. The molecular formula is C18H22N4O. The summed E-state index contributed by atoms with van der Waals surface area (Å²) in [6, 6.07) is 11.5. The van der Waals surface area contributed by atoms with Crippen LogP contribution in [-0.4, -0.2) is 20.4 Å². The van der Waals surface area contributed by atoms with Crippen LogP contribution in [0.25, 0.3) is 11.0 Å². The van der Waals surface area contributed by atoms with Crippen molar-refractivity contribution >= 4 is 16.9 Å². The predicted molar refractivity (Wildman–Crippen MR) is 91.2 cm³/mol. The van der Waals surface area contributed by atoms with E-state index in [1.54, 1.807) is 0 Å². The third-order valence-corrected chi connectivity index (χ3v) is 3.93. The molecule has 0 aliphatic heterocycles. The van der Waals surface area contributed by atoms with E-state index in [4.69, 9.17) is 0 Å². The second-order valence-electron chi connectivity index (χ2n) is 6.30. The number of fused-ring (bicyclic) bond motifs is 1. The topological polar surface area (TPSA) is 62.7 Å². The van der Waals surface area contributed by atoms with Crippen molar-refractivity contribution in [1.82, 2.24) is 19.9 Å². The number of hydrogen-bond donors (Lipinski definition) is 2. The van der Waals surface area contributed by atoms with Gasteiger partial charge in [0.1, 0.15) is 11.5 Å². The third kappa shape index (κ3) is 3.28. The maximum atomic E-state index is 12.5. The van der Waals surface area contributed by atoms with E-state index in [9.17, 15) is 4.79 Å². The molecule has 2 N–H and O–H groups in total. The number of aryl methyl sites for hydroxylation is 1. The first-order valence-corrected chi connectivity index (χ1v) is 7.91. The summed E-state index contributed by atoms with van der Waals surface area (Å²) in [5.74, 6) is 1.17. The van der Waals surface area contributed by atoms with Gasteiger partial charge in [0.05, 0.1) is 17.1 Å². The fourth-order valence-electron chi connectivity index (χ4n) is 2.78. The molecule has 1 unspecified atom stereocenters. The second-order valence-corrected chi connectivity index (χ2v) is 6.30. The van der Waals surface area contributed by atoms with Gasteiger partial charge >= 0.3 is 0 Å². The van der Waals surface area contributed by atoms with Crippen LogP contribution in [0.1, 0.15) is 42.6 Å². The van der Waals surface area contributed by atoms with E-state index in [1.165, 1.54) is 0 Å². The van der Waals surface area contributed by atoms with E-state index in [2.05, 4.69) is 29.1 Å². The summed E-state index contributed by atoms with van der Waals surface area (Å²) < 4.78 is 1.82.